The Morgan fingerprint density at radius 1 is 1.47 bits per heavy atom. The molecule has 2 rings (SSSR count). The molecule has 1 atom stereocenters. The molecule has 0 spiro atoms. The van der Waals surface area contributed by atoms with E-state index in [2.05, 4.69) is 0 Å². The van der Waals surface area contributed by atoms with Crippen LogP contribution in [0.4, 0.5) is 4.39 Å². The minimum absolute atomic E-state index is 0.0456. The molecule has 1 aromatic rings. The summed E-state index contributed by atoms with van der Waals surface area (Å²) >= 11 is 5.73. The van der Waals surface area contributed by atoms with Crippen LogP contribution in [-0.4, -0.2) is 36.4 Å². The molecule has 0 amide bonds. The van der Waals surface area contributed by atoms with Crippen molar-refractivity contribution in [2.75, 3.05) is 6.54 Å². The van der Waals surface area contributed by atoms with Crippen molar-refractivity contribution < 1.29 is 22.7 Å². The highest BCUT2D eigenvalue weighted by molar-refractivity contribution is 7.89. The Labute approximate surface area is 114 Å². The lowest BCUT2D eigenvalue weighted by molar-refractivity contribution is -0.140. The van der Waals surface area contributed by atoms with Crippen LogP contribution in [0.25, 0.3) is 0 Å². The summed E-state index contributed by atoms with van der Waals surface area (Å²) in [7, 11) is -4.25. The van der Waals surface area contributed by atoms with Crippen LogP contribution in [0.15, 0.2) is 23.1 Å². The number of hydrogen-bond acceptors (Lipinski definition) is 3. The Bertz CT molecular complexity index is 599. The van der Waals surface area contributed by atoms with E-state index >= 15 is 0 Å². The fourth-order valence-electron chi connectivity index (χ4n) is 2.12. The standard InChI is InChI=1S/C11H11ClFNO4S/c12-7-3-1-4-8(13)10(7)19(17,18)14-6-2-5-9(14)11(15)16/h1,3-4,9H,2,5-6H2,(H,15,16). The third kappa shape index (κ3) is 2.45. The highest BCUT2D eigenvalue weighted by atomic mass is 35.5. The summed E-state index contributed by atoms with van der Waals surface area (Å²) in [5.74, 6) is -2.22. The second-order valence-electron chi connectivity index (χ2n) is 4.16. The first-order valence-corrected chi connectivity index (χ1v) is 7.36. The maximum absolute atomic E-state index is 13.7. The maximum atomic E-state index is 13.7. The Balaban J connectivity index is 2.51. The lowest BCUT2D eigenvalue weighted by atomic mass is 10.2. The monoisotopic (exact) mass is 307 g/mol. The molecule has 5 nitrogen and oxygen atoms in total. The number of aliphatic carboxylic acids is 1. The normalized spacial score (nSPS) is 20.6. The van der Waals surface area contributed by atoms with Crippen LogP contribution in [0.3, 0.4) is 0 Å². The van der Waals surface area contributed by atoms with E-state index in [0.717, 1.165) is 10.4 Å². The predicted octanol–water partition coefficient (Wildman–Crippen LogP) is 1.72. The van der Waals surface area contributed by atoms with E-state index in [1.165, 1.54) is 12.1 Å². The molecule has 1 aromatic carbocycles. The van der Waals surface area contributed by atoms with Gasteiger partial charge < -0.3 is 5.11 Å². The van der Waals surface area contributed by atoms with Gasteiger partial charge in [0, 0.05) is 6.54 Å². The highest BCUT2D eigenvalue weighted by Gasteiger charge is 2.41. The second-order valence-corrected chi connectivity index (χ2v) is 6.40. The molecule has 0 aromatic heterocycles. The number of halogens is 2. The Morgan fingerprint density at radius 2 is 2.16 bits per heavy atom. The van der Waals surface area contributed by atoms with E-state index in [1.807, 2.05) is 0 Å². The molecule has 104 valence electrons. The van der Waals surface area contributed by atoms with Crippen LogP contribution in [0.2, 0.25) is 5.02 Å². The molecule has 8 heteroatoms. The van der Waals surface area contributed by atoms with Crippen LogP contribution in [0.1, 0.15) is 12.8 Å². The Morgan fingerprint density at radius 3 is 2.74 bits per heavy atom. The summed E-state index contributed by atoms with van der Waals surface area (Å²) in [5.41, 5.74) is 0. The zero-order valence-corrected chi connectivity index (χ0v) is 11.3. The number of carboxylic acid groups (broad SMARTS) is 1. The minimum Gasteiger partial charge on any atom is -0.480 e. The summed E-state index contributed by atoms with van der Waals surface area (Å²) < 4.78 is 39.1. The number of carbonyl (C=O) groups is 1. The highest BCUT2D eigenvalue weighted by Crippen LogP contribution is 2.31. The lowest BCUT2D eigenvalue weighted by Crippen LogP contribution is -2.40. The molecule has 1 N–H and O–H groups in total. The maximum Gasteiger partial charge on any atom is 0.322 e. The first-order valence-electron chi connectivity index (χ1n) is 5.54. The van der Waals surface area contributed by atoms with Gasteiger partial charge in [-0.1, -0.05) is 17.7 Å². The summed E-state index contributed by atoms with van der Waals surface area (Å²) in [6.45, 7) is 0.0456. The van der Waals surface area contributed by atoms with E-state index in [0.29, 0.717) is 6.42 Å². The summed E-state index contributed by atoms with van der Waals surface area (Å²) in [4.78, 5) is 10.4. The van der Waals surface area contributed by atoms with Gasteiger partial charge in [-0.05, 0) is 25.0 Å². The van der Waals surface area contributed by atoms with Gasteiger partial charge in [-0.25, -0.2) is 12.8 Å². The SMILES string of the molecule is O=C(O)C1CCCN1S(=O)(=O)c1c(F)cccc1Cl. The largest absolute Gasteiger partial charge is 0.480 e. The van der Waals surface area contributed by atoms with Crippen molar-refractivity contribution in [2.45, 2.75) is 23.8 Å². The molecule has 1 aliphatic heterocycles. The predicted molar refractivity (Wildman–Crippen MR) is 66.0 cm³/mol. The van der Waals surface area contributed by atoms with E-state index in [4.69, 9.17) is 16.7 Å². The summed E-state index contributed by atoms with van der Waals surface area (Å²) in [5, 5.41) is 8.75. The van der Waals surface area contributed by atoms with Gasteiger partial charge >= 0.3 is 5.97 Å². The van der Waals surface area contributed by atoms with Crippen molar-refractivity contribution in [3.8, 4) is 0 Å². The van der Waals surface area contributed by atoms with E-state index in [9.17, 15) is 17.6 Å². The van der Waals surface area contributed by atoms with Crippen LogP contribution >= 0.6 is 11.6 Å². The average Bonchev–Trinajstić information content (AvgIpc) is 2.77. The van der Waals surface area contributed by atoms with Crippen LogP contribution in [0, 0.1) is 5.82 Å². The first kappa shape index (κ1) is 14.2. The molecule has 0 radical (unpaired) electrons. The minimum atomic E-state index is -4.25. The Hall–Kier alpha value is -1.18. The molecule has 1 heterocycles. The topological polar surface area (TPSA) is 74.7 Å². The molecule has 0 saturated carbocycles. The van der Waals surface area contributed by atoms with Crippen molar-refractivity contribution in [1.29, 1.82) is 0 Å². The fourth-order valence-corrected chi connectivity index (χ4v) is 4.34. The van der Waals surface area contributed by atoms with Gasteiger partial charge in [-0.3, -0.25) is 4.79 Å². The van der Waals surface area contributed by atoms with E-state index in [-0.39, 0.29) is 18.0 Å². The average molecular weight is 308 g/mol. The van der Waals surface area contributed by atoms with Gasteiger partial charge in [0.15, 0.2) is 0 Å². The van der Waals surface area contributed by atoms with Crippen molar-refractivity contribution >= 4 is 27.6 Å². The molecule has 1 saturated heterocycles. The fraction of sp³-hybridized carbons (Fsp3) is 0.364. The van der Waals surface area contributed by atoms with E-state index in [1.54, 1.807) is 0 Å². The number of benzene rings is 1. The third-order valence-electron chi connectivity index (χ3n) is 2.97. The van der Waals surface area contributed by atoms with Gasteiger partial charge in [0.1, 0.15) is 16.8 Å². The van der Waals surface area contributed by atoms with Crippen molar-refractivity contribution in [2.24, 2.45) is 0 Å². The molecule has 1 unspecified atom stereocenters. The van der Waals surface area contributed by atoms with Crippen LogP contribution in [0.5, 0.6) is 0 Å². The smallest absolute Gasteiger partial charge is 0.322 e. The molecular weight excluding hydrogens is 297 g/mol. The van der Waals surface area contributed by atoms with Crippen LogP contribution < -0.4 is 0 Å². The Kier molecular flexibility index (Phi) is 3.80. The lowest BCUT2D eigenvalue weighted by Gasteiger charge is -2.21. The van der Waals surface area contributed by atoms with E-state index < -0.39 is 32.7 Å². The van der Waals surface area contributed by atoms with Gasteiger partial charge in [-0.15, -0.1) is 0 Å². The number of nitrogens with zero attached hydrogens (tertiary/aromatic N) is 1. The third-order valence-corrected chi connectivity index (χ3v) is 5.39. The first-order chi connectivity index (χ1) is 8.85. The molecule has 1 aliphatic rings. The zero-order valence-electron chi connectivity index (χ0n) is 9.71. The second kappa shape index (κ2) is 5.07. The van der Waals surface area contributed by atoms with Gasteiger partial charge in [0.25, 0.3) is 0 Å². The van der Waals surface area contributed by atoms with Crippen molar-refractivity contribution in [3.05, 3.63) is 29.0 Å². The van der Waals surface area contributed by atoms with Gasteiger partial charge in [0.2, 0.25) is 10.0 Å². The number of hydrogen-bond donors (Lipinski definition) is 1. The van der Waals surface area contributed by atoms with Crippen molar-refractivity contribution in [3.63, 3.8) is 0 Å². The van der Waals surface area contributed by atoms with Gasteiger partial charge in [-0.2, -0.15) is 4.31 Å². The molecule has 19 heavy (non-hydrogen) atoms. The molecular formula is C11H11ClFNO4S. The number of sulfonamides is 1. The zero-order chi connectivity index (χ0) is 14.2. The molecule has 1 fully saturated rings. The summed E-state index contributed by atoms with van der Waals surface area (Å²) in [6.07, 6.45) is 0.628. The van der Waals surface area contributed by atoms with Gasteiger partial charge in [0.05, 0.1) is 5.02 Å². The summed E-state index contributed by atoms with van der Waals surface area (Å²) in [6, 6.07) is 2.35. The van der Waals surface area contributed by atoms with Crippen molar-refractivity contribution in [1.82, 2.24) is 4.31 Å². The quantitative estimate of drug-likeness (QED) is 0.922. The number of rotatable bonds is 3. The molecule has 0 aliphatic carbocycles. The molecule has 0 bridgehead atoms. The number of carboxylic acids is 1. The van der Waals surface area contributed by atoms with Crippen LogP contribution in [-0.2, 0) is 14.8 Å².